The molecule has 0 saturated carbocycles. The van der Waals surface area contributed by atoms with Crippen molar-refractivity contribution in [2.24, 2.45) is 5.73 Å². The molecule has 4 rings (SSSR count). The summed E-state index contributed by atoms with van der Waals surface area (Å²) in [6.45, 7) is 1.90. The third-order valence-corrected chi connectivity index (χ3v) is 4.02. The summed E-state index contributed by atoms with van der Waals surface area (Å²) < 4.78 is 1.79. The zero-order valence-corrected chi connectivity index (χ0v) is 11.3. The van der Waals surface area contributed by atoms with Gasteiger partial charge in [0, 0.05) is 5.38 Å². The predicted molar refractivity (Wildman–Crippen MR) is 74.1 cm³/mol. The highest BCUT2D eigenvalue weighted by molar-refractivity contribution is 7.10. The molecule has 1 atom stereocenters. The first kappa shape index (κ1) is 11.4. The fourth-order valence-electron chi connectivity index (χ4n) is 2.01. The molecule has 0 saturated heterocycles. The second-order valence-corrected chi connectivity index (χ2v) is 5.31. The highest BCUT2D eigenvalue weighted by atomic mass is 32.1. The minimum Gasteiger partial charge on any atom is -0.340 e. The lowest BCUT2D eigenvalue weighted by Gasteiger charge is -1.98. The van der Waals surface area contributed by atoms with E-state index < -0.39 is 0 Å². The van der Waals surface area contributed by atoms with E-state index in [0.717, 1.165) is 16.2 Å². The standard InChI is InChI=1S/C11H10N8S/c1-5(12)11-16-6(2-20-11)9-17-18-10-7-8(14-3-13-7)15-4-19(9)10/h2-5H,12H2,1H3,(H,13,14). The molecule has 0 spiro atoms. The van der Waals surface area contributed by atoms with Crippen LogP contribution in [0.5, 0.6) is 0 Å². The highest BCUT2D eigenvalue weighted by Gasteiger charge is 2.16. The molecule has 0 bridgehead atoms. The lowest BCUT2D eigenvalue weighted by molar-refractivity contribution is 0.807. The number of H-pyrrole nitrogens is 1. The van der Waals surface area contributed by atoms with E-state index in [9.17, 15) is 0 Å². The molecule has 20 heavy (non-hydrogen) atoms. The van der Waals surface area contributed by atoms with Crippen molar-refractivity contribution in [1.82, 2.24) is 34.5 Å². The van der Waals surface area contributed by atoms with Crippen molar-refractivity contribution in [3.05, 3.63) is 23.0 Å². The van der Waals surface area contributed by atoms with Crippen molar-refractivity contribution in [2.75, 3.05) is 0 Å². The number of hydrogen-bond acceptors (Lipinski definition) is 7. The number of aromatic nitrogens is 7. The normalized spacial score (nSPS) is 13.3. The average Bonchev–Trinajstić information content (AvgIpc) is 3.16. The molecule has 0 fully saturated rings. The largest absolute Gasteiger partial charge is 0.340 e. The summed E-state index contributed by atoms with van der Waals surface area (Å²) >= 11 is 1.51. The Bertz CT molecular complexity index is 901. The summed E-state index contributed by atoms with van der Waals surface area (Å²) in [4.78, 5) is 15.9. The summed E-state index contributed by atoms with van der Waals surface area (Å²) in [6.07, 6.45) is 3.24. The van der Waals surface area contributed by atoms with Crippen molar-refractivity contribution in [1.29, 1.82) is 0 Å². The first-order chi connectivity index (χ1) is 9.74. The molecule has 0 amide bonds. The van der Waals surface area contributed by atoms with Crippen LogP contribution in [-0.4, -0.2) is 34.5 Å². The van der Waals surface area contributed by atoms with Crippen LogP contribution in [0.3, 0.4) is 0 Å². The molecule has 0 aromatic carbocycles. The zero-order valence-electron chi connectivity index (χ0n) is 10.5. The molecule has 0 radical (unpaired) electrons. The van der Waals surface area contributed by atoms with Gasteiger partial charge in [0.2, 0.25) is 0 Å². The predicted octanol–water partition coefficient (Wildman–Crippen LogP) is 1.14. The highest BCUT2D eigenvalue weighted by Crippen LogP contribution is 2.24. The number of rotatable bonds is 2. The molecular weight excluding hydrogens is 276 g/mol. The Kier molecular flexibility index (Phi) is 2.32. The number of aromatic amines is 1. The van der Waals surface area contributed by atoms with Crippen molar-refractivity contribution < 1.29 is 0 Å². The van der Waals surface area contributed by atoms with Gasteiger partial charge in [0.15, 0.2) is 17.1 Å². The number of nitrogens with zero attached hydrogens (tertiary/aromatic N) is 6. The van der Waals surface area contributed by atoms with Gasteiger partial charge in [-0.1, -0.05) is 0 Å². The SMILES string of the molecule is CC(N)c1nc(-c2nnc3c4[nH]cnc4ncn23)cs1. The molecule has 100 valence electrons. The van der Waals surface area contributed by atoms with Gasteiger partial charge >= 0.3 is 0 Å². The van der Waals surface area contributed by atoms with E-state index in [-0.39, 0.29) is 6.04 Å². The smallest absolute Gasteiger partial charge is 0.190 e. The van der Waals surface area contributed by atoms with E-state index in [0.29, 0.717) is 17.1 Å². The van der Waals surface area contributed by atoms with Crippen LogP contribution in [0.4, 0.5) is 0 Å². The van der Waals surface area contributed by atoms with Gasteiger partial charge in [-0.3, -0.25) is 4.40 Å². The molecule has 0 aliphatic carbocycles. The second kappa shape index (κ2) is 4.05. The zero-order chi connectivity index (χ0) is 13.7. The van der Waals surface area contributed by atoms with Gasteiger partial charge in [-0.25, -0.2) is 15.0 Å². The lowest BCUT2D eigenvalue weighted by Crippen LogP contribution is -2.04. The number of hydrogen-bond donors (Lipinski definition) is 2. The minimum absolute atomic E-state index is 0.0922. The number of thiazole rings is 1. The fraction of sp³-hybridized carbons (Fsp3) is 0.182. The second-order valence-electron chi connectivity index (χ2n) is 4.42. The Morgan fingerprint density at radius 2 is 2.25 bits per heavy atom. The van der Waals surface area contributed by atoms with E-state index in [1.165, 1.54) is 11.3 Å². The van der Waals surface area contributed by atoms with Crippen molar-refractivity contribution in [2.45, 2.75) is 13.0 Å². The third-order valence-electron chi connectivity index (χ3n) is 2.97. The maximum atomic E-state index is 5.83. The molecule has 4 aromatic heterocycles. The van der Waals surface area contributed by atoms with Crippen LogP contribution in [0.25, 0.3) is 28.3 Å². The van der Waals surface area contributed by atoms with Gasteiger partial charge in [0.1, 0.15) is 22.5 Å². The van der Waals surface area contributed by atoms with E-state index in [2.05, 4.69) is 30.1 Å². The van der Waals surface area contributed by atoms with Gasteiger partial charge in [0.25, 0.3) is 0 Å². The lowest BCUT2D eigenvalue weighted by atomic mass is 10.4. The summed E-state index contributed by atoms with van der Waals surface area (Å²) in [5, 5.41) is 11.2. The Labute approximate surface area is 116 Å². The number of nitrogens with one attached hydrogen (secondary N) is 1. The van der Waals surface area contributed by atoms with Gasteiger partial charge in [0.05, 0.1) is 12.4 Å². The molecule has 8 nitrogen and oxygen atoms in total. The van der Waals surface area contributed by atoms with Crippen LogP contribution >= 0.6 is 11.3 Å². The number of fused-ring (bicyclic) bond motifs is 3. The van der Waals surface area contributed by atoms with E-state index >= 15 is 0 Å². The van der Waals surface area contributed by atoms with Crippen molar-refractivity contribution in [3.63, 3.8) is 0 Å². The van der Waals surface area contributed by atoms with Crippen LogP contribution in [0.1, 0.15) is 18.0 Å². The van der Waals surface area contributed by atoms with Gasteiger partial charge in [-0.05, 0) is 6.92 Å². The van der Waals surface area contributed by atoms with E-state index in [1.807, 2.05) is 12.3 Å². The Hall–Kier alpha value is -2.39. The molecule has 4 heterocycles. The molecule has 0 aliphatic heterocycles. The van der Waals surface area contributed by atoms with E-state index in [4.69, 9.17) is 5.73 Å². The molecule has 4 aromatic rings. The van der Waals surface area contributed by atoms with Crippen LogP contribution in [0.2, 0.25) is 0 Å². The quantitative estimate of drug-likeness (QED) is 0.571. The fourth-order valence-corrected chi connectivity index (χ4v) is 2.76. The van der Waals surface area contributed by atoms with Gasteiger partial charge in [-0.2, -0.15) is 0 Å². The summed E-state index contributed by atoms with van der Waals surface area (Å²) in [6, 6.07) is -0.0922. The van der Waals surface area contributed by atoms with Crippen molar-refractivity contribution in [3.8, 4) is 11.5 Å². The van der Waals surface area contributed by atoms with Gasteiger partial charge < -0.3 is 10.7 Å². The molecule has 0 aliphatic rings. The minimum atomic E-state index is -0.0922. The topological polar surface area (TPSA) is 111 Å². The Morgan fingerprint density at radius 1 is 1.35 bits per heavy atom. The Morgan fingerprint density at radius 3 is 3.05 bits per heavy atom. The summed E-state index contributed by atoms with van der Waals surface area (Å²) in [5.74, 6) is 0.646. The first-order valence-corrected chi connectivity index (χ1v) is 6.86. The monoisotopic (exact) mass is 286 g/mol. The van der Waals surface area contributed by atoms with Gasteiger partial charge in [-0.15, -0.1) is 21.5 Å². The summed E-state index contributed by atoms with van der Waals surface area (Å²) in [5.41, 5.74) is 8.63. The molecule has 3 N–H and O–H groups in total. The van der Waals surface area contributed by atoms with E-state index in [1.54, 1.807) is 17.1 Å². The molecule has 1 unspecified atom stereocenters. The van der Waals surface area contributed by atoms with Crippen LogP contribution in [0.15, 0.2) is 18.0 Å². The molecule has 9 heteroatoms. The maximum Gasteiger partial charge on any atom is 0.190 e. The number of nitrogens with two attached hydrogens (primary N) is 1. The van der Waals surface area contributed by atoms with Crippen molar-refractivity contribution >= 4 is 28.1 Å². The number of imidazole rings is 1. The third kappa shape index (κ3) is 1.53. The average molecular weight is 286 g/mol. The van der Waals surface area contributed by atoms with Crippen LogP contribution < -0.4 is 5.73 Å². The molecular formula is C11H10N8S. The van der Waals surface area contributed by atoms with Crippen LogP contribution in [-0.2, 0) is 0 Å². The Balaban J connectivity index is 1.95. The summed E-state index contributed by atoms with van der Waals surface area (Å²) in [7, 11) is 0. The maximum absolute atomic E-state index is 5.83. The van der Waals surface area contributed by atoms with Crippen LogP contribution in [0, 0.1) is 0 Å². The first-order valence-electron chi connectivity index (χ1n) is 5.98.